The molecule has 2 rings (SSSR count). The smallest absolute Gasteiger partial charge is 0.152 e. The Labute approximate surface area is 132 Å². The van der Waals surface area contributed by atoms with Crippen LogP contribution < -0.4 is 0 Å². The summed E-state index contributed by atoms with van der Waals surface area (Å²) in [5, 5.41) is 0.00556. The minimum Gasteiger partial charge on any atom is -0.229 e. The monoisotopic (exact) mass is 458 g/mol. The molecular weight excluding hydrogens is 448 g/mol. The van der Waals surface area contributed by atoms with Crippen LogP contribution in [0, 0.1) is 0 Å². The molecule has 2 fully saturated rings. The third-order valence-electron chi connectivity index (χ3n) is 2.77. The molecule has 0 bridgehead atoms. The van der Waals surface area contributed by atoms with Gasteiger partial charge in [-0.05, 0) is 0 Å². The molecule has 4 atom stereocenters. The van der Waals surface area contributed by atoms with Gasteiger partial charge in [-0.3, -0.25) is 0 Å². The molecule has 0 radical (unpaired) electrons. The average molecular weight is 460 g/mol. The maximum atomic E-state index is 11.5. The fourth-order valence-corrected chi connectivity index (χ4v) is 15.1. The average Bonchev–Trinajstić information content (AvgIpc) is 2.59. The maximum absolute atomic E-state index is 11.5. The molecule has 18 heavy (non-hydrogen) atoms. The minimum absolute atomic E-state index is 0.00278. The lowest BCUT2D eigenvalue weighted by Crippen LogP contribution is -2.17. The highest BCUT2D eigenvalue weighted by Crippen LogP contribution is 2.43. The van der Waals surface area contributed by atoms with Crippen molar-refractivity contribution in [3.63, 3.8) is 0 Å². The number of hydrogen-bond donors (Lipinski definition) is 0. The van der Waals surface area contributed by atoms with Crippen LogP contribution >= 0.6 is 53.4 Å². The van der Waals surface area contributed by atoms with Crippen molar-refractivity contribution in [2.24, 2.45) is 0 Å². The van der Waals surface area contributed by atoms with E-state index in [-0.39, 0.29) is 43.2 Å². The Morgan fingerprint density at radius 1 is 0.722 bits per heavy atom. The van der Waals surface area contributed by atoms with Gasteiger partial charge in [0.15, 0.2) is 19.7 Å². The summed E-state index contributed by atoms with van der Waals surface area (Å²) < 4.78 is 45.8. The van der Waals surface area contributed by atoms with Gasteiger partial charge in [0.1, 0.15) is 0 Å². The van der Waals surface area contributed by atoms with Gasteiger partial charge >= 0.3 is 0 Å². The van der Waals surface area contributed by atoms with Crippen LogP contribution in [-0.2, 0) is 19.7 Å². The van der Waals surface area contributed by atoms with Crippen molar-refractivity contribution in [3.8, 4) is 0 Å². The summed E-state index contributed by atoms with van der Waals surface area (Å²) in [5.41, 5.74) is 0. The van der Waals surface area contributed by atoms with Crippen LogP contribution in [0.4, 0.5) is 0 Å². The number of alkyl halides is 2. The first-order valence-corrected chi connectivity index (χ1v) is 12.9. The van der Waals surface area contributed by atoms with Gasteiger partial charge in [-0.25, -0.2) is 16.8 Å². The maximum Gasteiger partial charge on any atom is 0.152 e. The van der Waals surface area contributed by atoms with Gasteiger partial charge in [0.2, 0.25) is 0 Å². The molecule has 0 aromatic heterocycles. The SMILES string of the molecule is O=S1(=O)C[C@H](SS[C@@H]2CS(=O)(=O)C[C@@H]2Br)[C@@H](Br)C1. The molecule has 106 valence electrons. The Bertz CT molecular complexity index is 469. The van der Waals surface area contributed by atoms with Crippen LogP contribution in [0.25, 0.3) is 0 Å². The second-order valence-electron chi connectivity index (χ2n) is 4.46. The summed E-state index contributed by atoms with van der Waals surface area (Å²) >= 11 is 6.77. The van der Waals surface area contributed by atoms with Gasteiger partial charge in [0, 0.05) is 20.2 Å². The molecule has 2 aliphatic rings. The number of hydrogen-bond acceptors (Lipinski definition) is 6. The molecular formula is C8H12Br2O4S4. The van der Waals surface area contributed by atoms with E-state index in [1.165, 1.54) is 21.6 Å². The van der Waals surface area contributed by atoms with E-state index in [1.807, 2.05) is 0 Å². The molecule has 2 aliphatic heterocycles. The first-order chi connectivity index (χ1) is 8.19. The fraction of sp³-hybridized carbons (Fsp3) is 1.00. The Hall–Kier alpha value is 1.56. The molecule has 0 aromatic carbocycles. The van der Waals surface area contributed by atoms with E-state index in [2.05, 4.69) is 31.9 Å². The van der Waals surface area contributed by atoms with Crippen molar-refractivity contribution in [2.75, 3.05) is 23.0 Å². The molecule has 2 saturated heterocycles. The van der Waals surface area contributed by atoms with E-state index in [0.29, 0.717) is 0 Å². The summed E-state index contributed by atoms with van der Waals surface area (Å²) in [4.78, 5) is -0.0708. The van der Waals surface area contributed by atoms with Crippen LogP contribution in [0.1, 0.15) is 0 Å². The van der Waals surface area contributed by atoms with E-state index < -0.39 is 19.7 Å². The zero-order valence-corrected chi connectivity index (χ0v) is 15.6. The molecule has 4 nitrogen and oxygen atoms in total. The van der Waals surface area contributed by atoms with Crippen LogP contribution in [0.15, 0.2) is 0 Å². The fourth-order valence-electron chi connectivity index (χ4n) is 1.86. The zero-order valence-electron chi connectivity index (χ0n) is 9.16. The van der Waals surface area contributed by atoms with Gasteiger partial charge < -0.3 is 0 Å². The molecule has 0 aromatic rings. The molecule has 0 unspecified atom stereocenters. The van der Waals surface area contributed by atoms with E-state index in [4.69, 9.17) is 0 Å². The third kappa shape index (κ3) is 4.03. The van der Waals surface area contributed by atoms with E-state index >= 15 is 0 Å². The summed E-state index contributed by atoms with van der Waals surface area (Å²) in [7, 11) is -2.89. The normalized spacial score (nSPS) is 42.1. The van der Waals surface area contributed by atoms with Crippen LogP contribution in [-0.4, -0.2) is 60.0 Å². The molecule has 0 spiro atoms. The third-order valence-corrected chi connectivity index (χ3v) is 13.6. The van der Waals surface area contributed by atoms with Crippen molar-refractivity contribution < 1.29 is 16.8 Å². The van der Waals surface area contributed by atoms with E-state index in [1.54, 1.807) is 0 Å². The molecule has 0 amide bonds. The standard InChI is InChI=1S/C8H12Br2O4S4/c9-5-1-17(11,12)3-7(5)15-16-8-4-18(13,14)2-6(8)10/h5-8H,1-4H2/t5-,6-,7-,8+/m0/s1. The second kappa shape index (κ2) is 5.75. The van der Waals surface area contributed by atoms with Crippen molar-refractivity contribution in [1.29, 1.82) is 0 Å². The van der Waals surface area contributed by atoms with Crippen LogP contribution in [0.3, 0.4) is 0 Å². The summed E-state index contributed by atoms with van der Waals surface area (Å²) in [6.07, 6.45) is 0. The predicted molar refractivity (Wildman–Crippen MR) is 85.5 cm³/mol. The molecule has 0 aliphatic carbocycles. The van der Waals surface area contributed by atoms with Crippen molar-refractivity contribution in [3.05, 3.63) is 0 Å². The first kappa shape index (κ1) is 15.9. The summed E-state index contributed by atoms with van der Waals surface area (Å²) in [5.74, 6) is 0.692. The number of sulfone groups is 2. The van der Waals surface area contributed by atoms with Crippen LogP contribution in [0.2, 0.25) is 0 Å². The van der Waals surface area contributed by atoms with Crippen molar-refractivity contribution >= 4 is 73.1 Å². The lowest BCUT2D eigenvalue weighted by Gasteiger charge is -2.15. The van der Waals surface area contributed by atoms with Crippen molar-refractivity contribution in [1.82, 2.24) is 0 Å². The lowest BCUT2D eigenvalue weighted by molar-refractivity contribution is 0.600. The van der Waals surface area contributed by atoms with Gasteiger partial charge in [-0.1, -0.05) is 53.4 Å². The predicted octanol–water partition coefficient (Wildman–Crippen LogP) is 1.49. The summed E-state index contributed by atoms with van der Waals surface area (Å²) in [6, 6.07) is 0. The Kier molecular flexibility index (Phi) is 5.09. The highest BCUT2D eigenvalue weighted by molar-refractivity contribution is 9.10. The minimum atomic E-state index is -2.94. The number of rotatable bonds is 3. The molecule has 10 heteroatoms. The van der Waals surface area contributed by atoms with Crippen molar-refractivity contribution in [2.45, 2.75) is 20.2 Å². The Morgan fingerprint density at radius 2 is 1.06 bits per heavy atom. The van der Waals surface area contributed by atoms with Crippen LogP contribution in [0.5, 0.6) is 0 Å². The van der Waals surface area contributed by atoms with Gasteiger partial charge in [0.05, 0.1) is 23.0 Å². The topological polar surface area (TPSA) is 68.3 Å². The van der Waals surface area contributed by atoms with E-state index in [9.17, 15) is 16.8 Å². The zero-order chi connectivity index (χ0) is 13.6. The Morgan fingerprint density at radius 3 is 1.28 bits per heavy atom. The van der Waals surface area contributed by atoms with E-state index in [0.717, 1.165) is 0 Å². The number of halogens is 2. The summed E-state index contributed by atoms with van der Waals surface area (Å²) in [6.45, 7) is 0. The molecule has 0 N–H and O–H groups in total. The second-order valence-corrected chi connectivity index (χ2v) is 13.9. The van der Waals surface area contributed by atoms with Gasteiger partial charge in [0.25, 0.3) is 0 Å². The molecule has 2 heterocycles. The Balaban J connectivity index is 1.90. The highest BCUT2D eigenvalue weighted by Gasteiger charge is 2.40. The largest absolute Gasteiger partial charge is 0.229 e. The van der Waals surface area contributed by atoms with Gasteiger partial charge in [-0.2, -0.15) is 0 Å². The van der Waals surface area contributed by atoms with Gasteiger partial charge in [-0.15, -0.1) is 0 Å². The molecule has 0 saturated carbocycles. The lowest BCUT2D eigenvalue weighted by atomic mass is 10.4. The quantitative estimate of drug-likeness (QED) is 0.470. The highest BCUT2D eigenvalue weighted by atomic mass is 79.9. The first-order valence-electron chi connectivity index (χ1n) is 5.20.